The summed E-state index contributed by atoms with van der Waals surface area (Å²) >= 11 is 0. The number of allylic oxidation sites excluding steroid dienone is 2. The van der Waals surface area contributed by atoms with E-state index in [0.29, 0.717) is 0 Å². The average Bonchev–Trinajstić information content (AvgIpc) is 2.13. The van der Waals surface area contributed by atoms with Crippen LogP contribution < -0.4 is 0 Å². The molecule has 3 heteroatoms. The summed E-state index contributed by atoms with van der Waals surface area (Å²) in [5, 5.41) is 0. The fourth-order valence-electron chi connectivity index (χ4n) is 0.445. The van der Waals surface area contributed by atoms with Crippen LogP contribution in [0.3, 0.4) is 0 Å². The number of carbonyl (C=O) groups excluding carboxylic acids is 1. The summed E-state index contributed by atoms with van der Waals surface area (Å²) in [6.45, 7) is 0. The topological polar surface area (TPSA) is 32.7 Å². The molecule has 0 fully saturated rings. The summed E-state index contributed by atoms with van der Waals surface area (Å²) in [5.74, 6) is 0. The van der Waals surface area contributed by atoms with Crippen molar-refractivity contribution in [3.63, 3.8) is 0 Å². The Kier molecular flexibility index (Phi) is 1.80. The van der Waals surface area contributed by atoms with Gasteiger partial charge in [0.1, 0.15) is 6.34 Å². The molecular formula is C6H5N2O. The van der Waals surface area contributed by atoms with Crippen molar-refractivity contribution in [1.29, 1.82) is 0 Å². The first-order valence-electron chi connectivity index (χ1n) is 2.46. The maximum Gasteiger partial charge on any atom is 0.322 e. The molecular weight excluding hydrogens is 116 g/mol. The van der Waals surface area contributed by atoms with Gasteiger partial charge in [0.15, 0.2) is 0 Å². The van der Waals surface area contributed by atoms with Gasteiger partial charge in [0, 0.05) is 12.4 Å². The Labute approximate surface area is 53.0 Å². The third kappa shape index (κ3) is 1.53. The van der Waals surface area contributed by atoms with E-state index in [1.54, 1.807) is 31.0 Å². The second kappa shape index (κ2) is 2.81. The van der Waals surface area contributed by atoms with E-state index >= 15 is 0 Å². The van der Waals surface area contributed by atoms with Gasteiger partial charge in [-0.05, 0) is 12.2 Å². The van der Waals surface area contributed by atoms with E-state index in [9.17, 15) is 4.79 Å². The van der Waals surface area contributed by atoms with Crippen LogP contribution in [0.1, 0.15) is 0 Å². The molecule has 45 valence electrons. The number of hydrogen-bond acceptors (Lipinski definition) is 2. The Bertz CT molecular complexity index is 165. The van der Waals surface area contributed by atoms with Crippen LogP contribution in [-0.2, 0) is 4.79 Å². The van der Waals surface area contributed by atoms with E-state index in [-0.39, 0.29) is 0 Å². The molecule has 1 radical (unpaired) electrons. The maximum absolute atomic E-state index is 9.94. The monoisotopic (exact) mass is 121 g/mol. The molecule has 0 aliphatic carbocycles. The minimum atomic E-state index is 1.21. The van der Waals surface area contributed by atoms with Gasteiger partial charge in [-0.15, -0.1) is 0 Å². The van der Waals surface area contributed by atoms with Gasteiger partial charge in [-0.3, -0.25) is 9.69 Å². The third-order valence-corrected chi connectivity index (χ3v) is 0.826. The van der Waals surface area contributed by atoms with Crippen molar-refractivity contribution >= 4 is 12.7 Å². The number of aliphatic imine (C=N–C) groups is 1. The summed E-state index contributed by atoms with van der Waals surface area (Å²) < 4.78 is 0. The van der Waals surface area contributed by atoms with E-state index in [0.717, 1.165) is 0 Å². The SMILES string of the molecule is O=[C]N1C=CC=CN=C1. The molecule has 0 bridgehead atoms. The standard InChI is InChI=1S/C6H5N2O/c9-6-8-4-2-1-3-7-5-8/h1-5H. The predicted molar refractivity (Wildman–Crippen MR) is 34.3 cm³/mol. The smallest absolute Gasteiger partial charge is 0.270 e. The van der Waals surface area contributed by atoms with Gasteiger partial charge in [0.25, 0.3) is 0 Å². The molecule has 0 saturated carbocycles. The minimum absolute atomic E-state index is 1.21. The van der Waals surface area contributed by atoms with E-state index in [4.69, 9.17) is 0 Å². The number of hydrogen-bond donors (Lipinski definition) is 0. The summed E-state index contributed by atoms with van der Waals surface area (Å²) in [6, 6.07) is 0. The number of amides is 1. The first kappa shape index (κ1) is 5.75. The van der Waals surface area contributed by atoms with Gasteiger partial charge < -0.3 is 0 Å². The van der Waals surface area contributed by atoms with Crippen LogP contribution in [0.4, 0.5) is 0 Å². The lowest BCUT2D eigenvalue weighted by Crippen LogP contribution is -2.10. The summed E-state index contributed by atoms with van der Waals surface area (Å²) in [5.41, 5.74) is 0. The zero-order valence-electron chi connectivity index (χ0n) is 4.69. The van der Waals surface area contributed by atoms with E-state index < -0.39 is 0 Å². The Morgan fingerprint density at radius 2 is 2.33 bits per heavy atom. The van der Waals surface area contributed by atoms with Gasteiger partial charge in [0.05, 0.1) is 0 Å². The molecule has 3 nitrogen and oxygen atoms in total. The van der Waals surface area contributed by atoms with Gasteiger partial charge in [-0.25, -0.2) is 4.99 Å². The lowest BCUT2D eigenvalue weighted by atomic mass is 10.6. The maximum atomic E-state index is 9.94. The fraction of sp³-hybridized carbons (Fsp3) is 0. The quantitative estimate of drug-likeness (QED) is 0.495. The second-order valence-electron chi connectivity index (χ2n) is 1.45. The summed E-state index contributed by atoms with van der Waals surface area (Å²) in [4.78, 5) is 14.9. The highest BCUT2D eigenvalue weighted by atomic mass is 16.1. The van der Waals surface area contributed by atoms with Crippen LogP contribution in [0.25, 0.3) is 0 Å². The van der Waals surface area contributed by atoms with Crippen LogP contribution in [-0.4, -0.2) is 17.6 Å². The van der Waals surface area contributed by atoms with Crippen LogP contribution in [0.5, 0.6) is 0 Å². The Morgan fingerprint density at radius 3 is 3.11 bits per heavy atom. The highest BCUT2D eigenvalue weighted by Crippen LogP contribution is 1.88. The number of rotatable bonds is 1. The largest absolute Gasteiger partial charge is 0.322 e. The van der Waals surface area contributed by atoms with Gasteiger partial charge in [-0.1, -0.05) is 0 Å². The molecule has 0 atom stereocenters. The van der Waals surface area contributed by atoms with Crippen molar-refractivity contribution in [2.75, 3.05) is 0 Å². The van der Waals surface area contributed by atoms with Crippen molar-refractivity contribution in [1.82, 2.24) is 4.90 Å². The van der Waals surface area contributed by atoms with Crippen molar-refractivity contribution in [2.24, 2.45) is 4.99 Å². The molecule has 1 amide bonds. The van der Waals surface area contributed by atoms with Crippen LogP contribution in [0.2, 0.25) is 0 Å². The highest BCUT2D eigenvalue weighted by molar-refractivity contribution is 5.75. The molecule has 9 heavy (non-hydrogen) atoms. The molecule has 0 aromatic carbocycles. The molecule has 1 heterocycles. The first-order valence-corrected chi connectivity index (χ1v) is 2.46. The van der Waals surface area contributed by atoms with Crippen molar-refractivity contribution in [3.05, 3.63) is 24.6 Å². The highest BCUT2D eigenvalue weighted by Gasteiger charge is 1.90. The van der Waals surface area contributed by atoms with Crippen LogP contribution in [0.15, 0.2) is 29.5 Å². The van der Waals surface area contributed by atoms with Crippen LogP contribution >= 0.6 is 0 Å². The van der Waals surface area contributed by atoms with Gasteiger partial charge in [-0.2, -0.15) is 0 Å². The Morgan fingerprint density at radius 1 is 1.44 bits per heavy atom. The second-order valence-corrected chi connectivity index (χ2v) is 1.45. The van der Waals surface area contributed by atoms with Crippen LogP contribution in [0, 0.1) is 0 Å². The predicted octanol–water partition coefficient (Wildman–Crippen LogP) is 0.425. The Balaban J connectivity index is 2.69. The van der Waals surface area contributed by atoms with E-state index in [2.05, 4.69) is 4.99 Å². The molecule has 1 aliphatic rings. The van der Waals surface area contributed by atoms with Crippen molar-refractivity contribution < 1.29 is 4.79 Å². The molecule has 1 rings (SSSR count). The zero-order valence-corrected chi connectivity index (χ0v) is 4.69. The van der Waals surface area contributed by atoms with E-state index in [1.807, 2.05) is 0 Å². The van der Waals surface area contributed by atoms with Crippen molar-refractivity contribution in [2.45, 2.75) is 0 Å². The Hall–Kier alpha value is -1.38. The fourth-order valence-corrected chi connectivity index (χ4v) is 0.445. The molecule has 0 unspecified atom stereocenters. The molecule has 0 saturated heterocycles. The molecule has 0 spiro atoms. The lowest BCUT2D eigenvalue weighted by molar-refractivity contribution is 0.525. The minimum Gasteiger partial charge on any atom is -0.270 e. The average molecular weight is 121 g/mol. The van der Waals surface area contributed by atoms with E-state index in [1.165, 1.54) is 11.2 Å². The molecule has 0 aromatic rings. The van der Waals surface area contributed by atoms with Crippen molar-refractivity contribution in [3.8, 4) is 0 Å². The number of nitrogens with zero attached hydrogens (tertiary/aromatic N) is 2. The molecule has 1 aliphatic heterocycles. The molecule has 0 aromatic heterocycles. The lowest BCUT2D eigenvalue weighted by Gasteiger charge is -1.96. The summed E-state index contributed by atoms with van der Waals surface area (Å²) in [7, 11) is 0. The third-order valence-electron chi connectivity index (χ3n) is 0.826. The summed E-state index contributed by atoms with van der Waals surface area (Å²) in [6.07, 6.45) is 9.63. The van der Waals surface area contributed by atoms with Gasteiger partial charge >= 0.3 is 6.41 Å². The molecule has 0 N–H and O–H groups in total. The zero-order chi connectivity index (χ0) is 6.53. The van der Waals surface area contributed by atoms with Gasteiger partial charge in [0.2, 0.25) is 0 Å². The first-order chi connectivity index (χ1) is 4.43. The normalized spacial score (nSPS) is 15.8.